The quantitative estimate of drug-likeness (QED) is 0.569. The Bertz CT molecular complexity index is 1050. The molecule has 0 bridgehead atoms. The molecule has 1 atom stereocenters. The minimum Gasteiger partial charge on any atom is -0.497 e. The van der Waals surface area contributed by atoms with Crippen LogP contribution in [0.25, 0.3) is 11.4 Å². The number of nitrogens with one attached hydrogen (secondary N) is 1. The molecule has 7 nitrogen and oxygen atoms in total. The maximum Gasteiger partial charge on any atom is 0.416 e. The first-order chi connectivity index (χ1) is 14.6. The monoisotopic (exact) mass is 435 g/mol. The fourth-order valence-corrected chi connectivity index (χ4v) is 3.11. The summed E-state index contributed by atoms with van der Waals surface area (Å²) in [4.78, 5) is 8.82. The van der Waals surface area contributed by atoms with Crippen LogP contribution < -0.4 is 10.1 Å². The Balaban J connectivity index is 2.02. The lowest BCUT2D eigenvalue weighted by atomic mass is 10.2. The molecule has 0 aliphatic heterocycles. The molecule has 0 fully saturated rings. The van der Waals surface area contributed by atoms with Crippen molar-refractivity contribution in [2.75, 3.05) is 12.4 Å². The molecule has 2 aromatic heterocycles. The smallest absolute Gasteiger partial charge is 0.416 e. The van der Waals surface area contributed by atoms with Crippen molar-refractivity contribution in [3.63, 3.8) is 0 Å². The van der Waals surface area contributed by atoms with Crippen LogP contribution in [0.2, 0.25) is 0 Å². The summed E-state index contributed by atoms with van der Waals surface area (Å²) in [6, 6.07) is 6.98. The van der Waals surface area contributed by atoms with Crippen molar-refractivity contribution >= 4 is 11.6 Å². The summed E-state index contributed by atoms with van der Waals surface area (Å²) in [5.41, 5.74) is 1.61. The molecule has 1 aromatic carbocycles. The van der Waals surface area contributed by atoms with E-state index in [1.807, 2.05) is 32.9 Å². The second-order valence-corrected chi connectivity index (χ2v) is 7.21. The number of ether oxygens (including phenoxy) is 1. The number of rotatable bonds is 7. The highest BCUT2D eigenvalue weighted by Crippen LogP contribution is 2.35. The van der Waals surface area contributed by atoms with E-state index in [1.165, 1.54) is 17.9 Å². The number of aliphatic hydroxyl groups is 1. The highest BCUT2D eigenvalue weighted by molar-refractivity contribution is 5.62. The van der Waals surface area contributed by atoms with Crippen LogP contribution in [0.3, 0.4) is 0 Å². The summed E-state index contributed by atoms with van der Waals surface area (Å²) in [5.74, 6) is 0.633. The van der Waals surface area contributed by atoms with Crippen LogP contribution in [-0.2, 0) is 12.7 Å². The van der Waals surface area contributed by atoms with Crippen molar-refractivity contribution in [1.29, 1.82) is 0 Å². The number of halogens is 3. The van der Waals surface area contributed by atoms with Gasteiger partial charge in [-0.25, -0.2) is 4.68 Å². The van der Waals surface area contributed by atoms with E-state index in [0.29, 0.717) is 12.2 Å². The van der Waals surface area contributed by atoms with Crippen molar-refractivity contribution in [3.8, 4) is 17.1 Å². The zero-order valence-corrected chi connectivity index (χ0v) is 17.7. The number of hydrogen-bond acceptors (Lipinski definition) is 6. The zero-order chi connectivity index (χ0) is 22.8. The van der Waals surface area contributed by atoms with Crippen LogP contribution in [0.1, 0.15) is 30.3 Å². The van der Waals surface area contributed by atoms with Gasteiger partial charge in [-0.2, -0.15) is 18.2 Å². The standard InChI is InChI=1S/C21H24F3N5O2/c1-5-17(30)11-29-19(14-6-12(2)25-13(3)7-14)27-20(28-29)26-16-8-15(21(22,23)24)9-18(10-16)31-4/h6-10,17,30H,5,11H2,1-4H3,(H,26,28)/t17-/m0/s1. The van der Waals surface area contributed by atoms with Gasteiger partial charge < -0.3 is 15.2 Å². The molecule has 2 heterocycles. The van der Waals surface area contributed by atoms with Gasteiger partial charge in [-0.05, 0) is 44.5 Å². The highest BCUT2D eigenvalue weighted by atomic mass is 19.4. The molecular formula is C21H24F3N5O2. The molecular weight excluding hydrogens is 411 g/mol. The summed E-state index contributed by atoms with van der Waals surface area (Å²) in [6.45, 7) is 5.74. The average molecular weight is 435 g/mol. The lowest BCUT2D eigenvalue weighted by molar-refractivity contribution is -0.137. The van der Waals surface area contributed by atoms with Gasteiger partial charge in [-0.3, -0.25) is 4.98 Å². The van der Waals surface area contributed by atoms with Crippen LogP contribution in [0.15, 0.2) is 30.3 Å². The van der Waals surface area contributed by atoms with Gasteiger partial charge in [-0.1, -0.05) is 6.92 Å². The predicted molar refractivity (Wildman–Crippen MR) is 110 cm³/mol. The number of methoxy groups -OCH3 is 1. The molecule has 0 saturated heterocycles. The third kappa shape index (κ3) is 5.52. The molecule has 0 amide bonds. The minimum atomic E-state index is -4.53. The second-order valence-electron chi connectivity index (χ2n) is 7.21. The van der Waals surface area contributed by atoms with E-state index < -0.39 is 17.8 Å². The van der Waals surface area contributed by atoms with Gasteiger partial charge in [0.15, 0.2) is 5.82 Å². The zero-order valence-electron chi connectivity index (χ0n) is 17.7. The fourth-order valence-electron chi connectivity index (χ4n) is 3.11. The van der Waals surface area contributed by atoms with Crippen molar-refractivity contribution in [1.82, 2.24) is 19.7 Å². The minimum absolute atomic E-state index is 0.0544. The number of alkyl halides is 3. The Morgan fingerprint density at radius 1 is 1.10 bits per heavy atom. The molecule has 0 unspecified atom stereocenters. The molecule has 0 aliphatic carbocycles. The van der Waals surface area contributed by atoms with E-state index >= 15 is 0 Å². The van der Waals surface area contributed by atoms with Crippen molar-refractivity contribution in [2.24, 2.45) is 0 Å². The lowest BCUT2D eigenvalue weighted by Gasteiger charge is -2.12. The number of nitrogens with zero attached hydrogens (tertiary/aromatic N) is 4. The van der Waals surface area contributed by atoms with Crippen LogP contribution in [0.5, 0.6) is 5.75 Å². The Morgan fingerprint density at radius 3 is 2.35 bits per heavy atom. The first kappa shape index (κ1) is 22.5. The van der Waals surface area contributed by atoms with Crippen LogP contribution in [0, 0.1) is 13.8 Å². The lowest BCUT2D eigenvalue weighted by Crippen LogP contribution is -2.17. The summed E-state index contributed by atoms with van der Waals surface area (Å²) >= 11 is 0. The van der Waals surface area contributed by atoms with Gasteiger partial charge in [-0.15, -0.1) is 5.10 Å². The number of pyridine rings is 1. The normalized spacial score (nSPS) is 12.6. The maximum absolute atomic E-state index is 13.2. The van der Waals surface area contributed by atoms with Gasteiger partial charge in [0, 0.05) is 28.7 Å². The molecule has 10 heteroatoms. The molecule has 0 radical (unpaired) electrons. The molecule has 0 aliphatic rings. The number of aliphatic hydroxyl groups excluding tert-OH is 1. The van der Waals surface area contributed by atoms with E-state index in [4.69, 9.17) is 4.74 Å². The van der Waals surface area contributed by atoms with Gasteiger partial charge in [0.25, 0.3) is 0 Å². The first-order valence-corrected chi connectivity index (χ1v) is 9.71. The molecule has 2 N–H and O–H groups in total. The summed E-state index contributed by atoms with van der Waals surface area (Å²) in [5, 5.41) is 17.3. The Kier molecular flexibility index (Phi) is 6.49. The predicted octanol–water partition coefficient (Wildman–Crippen LogP) is 4.50. The summed E-state index contributed by atoms with van der Waals surface area (Å²) < 4.78 is 46.2. The van der Waals surface area contributed by atoms with Gasteiger partial charge >= 0.3 is 6.18 Å². The van der Waals surface area contributed by atoms with Crippen molar-refractivity contribution < 1.29 is 23.0 Å². The average Bonchev–Trinajstić information content (AvgIpc) is 3.08. The van der Waals surface area contributed by atoms with Crippen LogP contribution in [0.4, 0.5) is 24.8 Å². The third-order valence-corrected chi connectivity index (χ3v) is 4.59. The van der Waals surface area contributed by atoms with Crippen LogP contribution in [-0.4, -0.2) is 38.1 Å². The van der Waals surface area contributed by atoms with Gasteiger partial charge in [0.05, 0.1) is 25.3 Å². The molecule has 166 valence electrons. The number of aromatic nitrogens is 4. The van der Waals surface area contributed by atoms with E-state index in [9.17, 15) is 18.3 Å². The molecule has 3 aromatic rings. The molecule has 0 saturated carbocycles. The topological polar surface area (TPSA) is 85.1 Å². The summed E-state index contributed by atoms with van der Waals surface area (Å²) in [7, 11) is 1.30. The van der Waals surface area contributed by atoms with E-state index in [-0.39, 0.29) is 23.9 Å². The largest absolute Gasteiger partial charge is 0.497 e. The first-order valence-electron chi connectivity index (χ1n) is 9.71. The maximum atomic E-state index is 13.2. The SMILES string of the molecule is CC[C@H](O)Cn1nc(Nc2cc(OC)cc(C(F)(F)F)c2)nc1-c1cc(C)nc(C)c1. The van der Waals surface area contributed by atoms with E-state index in [2.05, 4.69) is 20.4 Å². The second kappa shape index (κ2) is 8.93. The number of anilines is 2. The Hall–Kier alpha value is -3.14. The van der Waals surface area contributed by atoms with Gasteiger partial charge in [0.1, 0.15) is 5.75 Å². The van der Waals surface area contributed by atoms with E-state index in [0.717, 1.165) is 29.1 Å². The number of benzene rings is 1. The highest BCUT2D eigenvalue weighted by Gasteiger charge is 2.31. The van der Waals surface area contributed by atoms with Crippen LogP contribution >= 0.6 is 0 Å². The number of aryl methyl sites for hydroxylation is 2. The molecule has 0 spiro atoms. The van der Waals surface area contributed by atoms with E-state index in [1.54, 1.807) is 0 Å². The fraction of sp³-hybridized carbons (Fsp3) is 0.381. The van der Waals surface area contributed by atoms with Crippen molar-refractivity contribution in [2.45, 2.75) is 46.0 Å². The summed E-state index contributed by atoms with van der Waals surface area (Å²) in [6.07, 6.45) is -4.66. The van der Waals surface area contributed by atoms with Gasteiger partial charge in [0.2, 0.25) is 5.95 Å². The molecule has 31 heavy (non-hydrogen) atoms. The number of hydrogen-bond donors (Lipinski definition) is 2. The Morgan fingerprint density at radius 2 is 1.77 bits per heavy atom. The molecule has 3 rings (SSSR count). The van der Waals surface area contributed by atoms with Crippen molar-refractivity contribution in [3.05, 3.63) is 47.3 Å². The Labute approximate surface area is 177 Å². The third-order valence-electron chi connectivity index (χ3n) is 4.59.